The van der Waals surface area contributed by atoms with Crippen LogP contribution in [0.2, 0.25) is 0 Å². The van der Waals surface area contributed by atoms with Crippen LogP contribution >= 0.6 is 0 Å². The molecule has 1 aromatic carbocycles. The summed E-state index contributed by atoms with van der Waals surface area (Å²) in [4.78, 5) is 4.48. The summed E-state index contributed by atoms with van der Waals surface area (Å²) in [6, 6.07) is 7.62. The SMILES string of the molecule is COc1cccc(-c2noc([C@H](C)NC[C@@H]3CCCCO3)n2)c1. The molecule has 2 heterocycles. The van der Waals surface area contributed by atoms with E-state index >= 15 is 0 Å². The maximum atomic E-state index is 5.72. The van der Waals surface area contributed by atoms with Crippen molar-refractivity contribution in [3.8, 4) is 17.1 Å². The second-order valence-corrected chi connectivity index (χ2v) is 5.81. The molecule has 1 aromatic heterocycles. The van der Waals surface area contributed by atoms with Crippen LogP contribution in [0.15, 0.2) is 28.8 Å². The molecule has 1 fully saturated rings. The molecule has 0 amide bonds. The minimum atomic E-state index is -0.00705. The van der Waals surface area contributed by atoms with Crippen LogP contribution < -0.4 is 10.1 Å². The highest BCUT2D eigenvalue weighted by Gasteiger charge is 2.18. The number of rotatable bonds is 6. The quantitative estimate of drug-likeness (QED) is 0.883. The normalized spacial score (nSPS) is 19.5. The van der Waals surface area contributed by atoms with Crippen molar-refractivity contribution in [2.45, 2.75) is 38.3 Å². The molecule has 0 saturated carbocycles. The van der Waals surface area contributed by atoms with Crippen molar-refractivity contribution in [1.82, 2.24) is 15.5 Å². The summed E-state index contributed by atoms with van der Waals surface area (Å²) < 4.78 is 16.3. The van der Waals surface area contributed by atoms with Gasteiger partial charge in [-0.25, -0.2) is 0 Å². The molecule has 0 spiro atoms. The summed E-state index contributed by atoms with van der Waals surface area (Å²) in [7, 11) is 1.64. The molecule has 1 aliphatic rings. The van der Waals surface area contributed by atoms with Crippen molar-refractivity contribution >= 4 is 0 Å². The van der Waals surface area contributed by atoms with Gasteiger partial charge in [-0.2, -0.15) is 4.98 Å². The Morgan fingerprint density at radius 3 is 3.09 bits per heavy atom. The average Bonchev–Trinajstić information content (AvgIpc) is 3.11. The van der Waals surface area contributed by atoms with Crippen LogP contribution in [0, 0.1) is 0 Å². The van der Waals surface area contributed by atoms with Crippen LogP contribution in [0.1, 0.15) is 38.1 Å². The summed E-state index contributed by atoms with van der Waals surface area (Å²) in [6.45, 7) is 3.69. The third kappa shape index (κ3) is 4.09. The molecule has 1 saturated heterocycles. The highest BCUT2D eigenvalue weighted by atomic mass is 16.5. The van der Waals surface area contributed by atoms with Crippen molar-refractivity contribution in [2.75, 3.05) is 20.3 Å². The zero-order chi connectivity index (χ0) is 16.1. The van der Waals surface area contributed by atoms with Gasteiger partial charge in [0, 0.05) is 18.7 Å². The number of benzene rings is 1. The predicted octanol–water partition coefficient (Wildman–Crippen LogP) is 2.96. The summed E-state index contributed by atoms with van der Waals surface area (Å²) >= 11 is 0. The van der Waals surface area contributed by atoms with E-state index in [0.717, 1.165) is 30.9 Å². The van der Waals surface area contributed by atoms with Gasteiger partial charge in [0.1, 0.15) is 5.75 Å². The molecule has 2 aromatic rings. The van der Waals surface area contributed by atoms with Gasteiger partial charge in [0.05, 0.1) is 19.3 Å². The number of hydrogen-bond acceptors (Lipinski definition) is 6. The Morgan fingerprint density at radius 2 is 2.30 bits per heavy atom. The maximum absolute atomic E-state index is 5.72. The summed E-state index contributed by atoms with van der Waals surface area (Å²) in [6.07, 6.45) is 3.80. The van der Waals surface area contributed by atoms with E-state index in [1.54, 1.807) is 7.11 Å². The van der Waals surface area contributed by atoms with Crippen LogP contribution in [0.4, 0.5) is 0 Å². The summed E-state index contributed by atoms with van der Waals surface area (Å²) in [5.41, 5.74) is 0.877. The van der Waals surface area contributed by atoms with E-state index in [1.807, 2.05) is 31.2 Å². The first kappa shape index (κ1) is 16.0. The highest BCUT2D eigenvalue weighted by Crippen LogP contribution is 2.23. The Hall–Kier alpha value is -1.92. The third-order valence-electron chi connectivity index (χ3n) is 4.07. The predicted molar refractivity (Wildman–Crippen MR) is 86.3 cm³/mol. The van der Waals surface area contributed by atoms with Crippen LogP contribution in [-0.2, 0) is 4.74 Å². The van der Waals surface area contributed by atoms with E-state index in [0.29, 0.717) is 11.7 Å². The monoisotopic (exact) mass is 317 g/mol. The molecule has 1 aliphatic heterocycles. The second kappa shape index (κ2) is 7.57. The number of aromatic nitrogens is 2. The van der Waals surface area contributed by atoms with Crippen molar-refractivity contribution in [2.24, 2.45) is 0 Å². The number of ether oxygens (including phenoxy) is 2. The standard InChI is InChI=1S/C17H23N3O3/c1-12(18-11-15-7-3-4-9-22-15)17-19-16(20-23-17)13-6-5-8-14(10-13)21-2/h5-6,8,10,12,15,18H,3-4,7,9,11H2,1-2H3/t12-,15-/m0/s1. The van der Waals surface area contributed by atoms with Crippen LogP contribution in [0.5, 0.6) is 5.75 Å². The molecule has 6 nitrogen and oxygen atoms in total. The van der Waals surface area contributed by atoms with Gasteiger partial charge in [-0.3, -0.25) is 0 Å². The van der Waals surface area contributed by atoms with Gasteiger partial charge in [0.2, 0.25) is 11.7 Å². The smallest absolute Gasteiger partial charge is 0.243 e. The molecule has 1 N–H and O–H groups in total. The number of nitrogens with zero attached hydrogens (tertiary/aromatic N) is 2. The number of hydrogen-bond donors (Lipinski definition) is 1. The molecule has 23 heavy (non-hydrogen) atoms. The van der Waals surface area contributed by atoms with Crippen molar-refractivity contribution in [3.63, 3.8) is 0 Å². The fourth-order valence-corrected chi connectivity index (χ4v) is 2.65. The molecule has 3 rings (SSSR count). The van der Waals surface area contributed by atoms with Gasteiger partial charge < -0.3 is 19.3 Å². The van der Waals surface area contributed by atoms with Gasteiger partial charge >= 0.3 is 0 Å². The van der Waals surface area contributed by atoms with E-state index in [-0.39, 0.29) is 12.1 Å². The molecular formula is C17H23N3O3. The van der Waals surface area contributed by atoms with Crippen molar-refractivity contribution in [3.05, 3.63) is 30.2 Å². The summed E-state index contributed by atoms with van der Waals surface area (Å²) in [5, 5.41) is 7.47. The van der Waals surface area contributed by atoms with E-state index < -0.39 is 0 Å². The first-order valence-corrected chi connectivity index (χ1v) is 8.09. The Kier molecular flexibility index (Phi) is 5.25. The topological polar surface area (TPSA) is 69.4 Å². The Labute approximate surface area is 136 Å². The minimum Gasteiger partial charge on any atom is -0.497 e. The number of methoxy groups -OCH3 is 1. The van der Waals surface area contributed by atoms with Gasteiger partial charge in [-0.05, 0) is 38.3 Å². The number of nitrogens with one attached hydrogen (secondary N) is 1. The second-order valence-electron chi connectivity index (χ2n) is 5.81. The lowest BCUT2D eigenvalue weighted by Gasteiger charge is -2.23. The van der Waals surface area contributed by atoms with Gasteiger partial charge in [0.25, 0.3) is 0 Å². The molecule has 2 atom stereocenters. The molecular weight excluding hydrogens is 294 g/mol. The minimum absolute atomic E-state index is 0.00705. The third-order valence-corrected chi connectivity index (χ3v) is 4.07. The lowest BCUT2D eigenvalue weighted by Crippen LogP contribution is -2.33. The van der Waals surface area contributed by atoms with E-state index in [4.69, 9.17) is 14.0 Å². The Bertz CT molecular complexity index is 623. The largest absolute Gasteiger partial charge is 0.497 e. The molecule has 0 unspecified atom stereocenters. The van der Waals surface area contributed by atoms with Gasteiger partial charge in [-0.1, -0.05) is 17.3 Å². The van der Waals surface area contributed by atoms with E-state index in [1.165, 1.54) is 12.8 Å². The Morgan fingerprint density at radius 1 is 1.39 bits per heavy atom. The zero-order valence-corrected chi connectivity index (χ0v) is 13.6. The highest BCUT2D eigenvalue weighted by molar-refractivity contribution is 5.56. The van der Waals surface area contributed by atoms with E-state index in [9.17, 15) is 0 Å². The summed E-state index contributed by atoms with van der Waals surface area (Å²) in [5.74, 6) is 1.93. The molecule has 6 heteroatoms. The first-order valence-electron chi connectivity index (χ1n) is 8.09. The molecule has 0 radical (unpaired) electrons. The fraction of sp³-hybridized carbons (Fsp3) is 0.529. The molecule has 0 aliphatic carbocycles. The van der Waals surface area contributed by atoms with Gasteiger partial charge in [0.15, 0.2) is 0 Å². The maximum Gasteiger partial charge on any atom is 0.243 e. The lowest BCUT2D eigenvalue weighted by molar-refractivity contribution is 0.0151. The van der Waals surface area contributed by atoms with Crippen molar-refractivity contribution < 1.29 is 14.0 Å². The van der Waals surface area contributed by atoms with Crippen LogP contribution in [-0.4, -0.2) is 36.5 Å². The van der Waals surface area contributed by atoms with Crippen LogP contribution in [0.25, 0.3) is 11.4 Å². The Balaban J connectivity index is 1.61. The molecule has 0 bridgehead atoms. The van der Waals surface area contributed by atoms with Crippen molar-refractivity contribution in [1.29, 1.82) is 0 Å². The lowest BCUT2D eigenvalue weighted by atomic mass is 10.1. The van der Waals surface area contributed by atoms with E-state index in [2.05, 4.69) is 15.5 Å². The average molecular weight is 317 g/mol. The zero-order valence-electron chi connectivity index (χ0n) is 13.6. The first-order chi connectivity index (χ1) is 11.3. The van der Waals surface area contributed by atoms with Gasteiger partial charge in [-0.15, -0.1) is 0 Å². The molecule has 124 valence electrons. The van der Waals surface area contributed by atoms with Crippen LogP contribution in [0.3, 0.4) is 0 Å². The fourth-order valence-electron chi connectivity index (χ4n) is 2.65.